The van der Waals surface area contributed by atoms with E-state index in [2.05, 4.69) is 51.0 Å². The minimum Gasteiger partial charge on any atom is -0.368 e. The van der Waals surface area contributed by atoms with Crippen LogP contribution in [0.15, 0.2) is 4.52 Å². The van der Waals surface area contributed by atoms with Crippen LogP contribution in [0.2, 0.25) is 0 Å². The van der Waals surface area contributed by atoms with Gasteiger partial charge in [0.15, 0.2) is 17.5 Å². The van der Waals surface area contributed by atoms with Crippen LogP contribution in [-0.2, 0) is 17.7 Å². The molecule has 8 heteroatoms. The molecule has 1 aliphatic heterocycles. The minimum atomic E-state index is -0.0924. The van der Waals surface area contributed by atoms with E-state index in [4.69, 9.17) is 9.26 Å². The molecule has 0 amide bonds. The molecule has 0 unspecified atom stereocenters. The molecule has 24 heavy (non-hydrogen) atoms. The molecule has 2 aromatic heterocycles. The quantitative estimate of drug-likeness (QED) is 0.830. The molecule has 3 rings (SSSR count). The van der Waals surface area contributed by atoms with Gasteiger partial charge in [-0.25, -0.2) is 4.98 Å². The molecular weight excluding hydrogens is 308 g/mol. The molecule has 1 aliphatic rings. The minimum absolute atomic E-state index is 0.0924. The van der Waals surface area contributed by atoms with Crippen molar-refractivity contribution in [3.8, 4) is 0 Å². The Hall–Kier alpha value is -1.80. The zero-order chi connectivity index (χ0) is 16.9. The molecule has 2 aromatic rings. The lowest BCUT2D eigenvalue weighted by Gasteiger charge is -2.30. The number of aryl methyl sites for hydroxylation is 1. The van der Waals surface area contributed by atoms with Crippen LogP contribution in [-0.4, -0.2) is 49.9 Å². The summed E-state index contributed by atoms with van der Waals surface area (Å²) in [7, 11) is 0. The Morgan fingerprint density at radius 2 is 2.21 bits per heavy atom. The number of aromatic nitrogens is 5. The highest BCUT2D eigenvalue weighted by Gasteiger charge is 2.26. The number of morpholine rings is 1. The van der Waals surface area contributed by atoms with Gasteiger partial charge in [0.05, 0.1) is 13.2 Å². The van der Waals surface area contributed by atoms with Crippen molar-refractivity contribution in [2.24, 2.45) is 0 Å². The molecule has 1 fully saturated rings. The smallest absolute Gasteiger partial charge is 0.226 e. The summed E-state index contributed by atoms with van der Waals surface area (Å²) in [6, 6.07) is 0. The molecule has 0 saturated carbocycles. The Kier molecular flexibility index (Phi) is 5.57. The summed E-state index contributed by atoms with van der Waals surface area (Å²) >= 11 is 0. The van der Waals surface area contributed by atoms with Gasteiger partial charge in [0.25, 0.3) is 0 Å². The monoisotopic (exact) mass is 334 g/mol. The van der Waals surface area contributed by atoms with Gasteiger partial charge in [-0.05, 0) is 6.42 Å². The lowest BCUT2D eigenvalue weighted by Crippen LogP contribution is -2.38. The first-order valence-corrected chi connectivity index (χ1v) is 8.73. The highest BCUT2D eigenvalue weighted by atomic mass is 16.5. The van der Waals surface area contributed by atoms with Gasteiger partial charge >= 0.3 is 0 Å². The van der Waals surface area contributed by atoms with Crippen molar-refractivity contribution in [1.82, 2.24) is 30.2 Å². The van der Waals surface area contributed by atoms with Crippen LogP contribution in [0.5, 0.6) is 0 Å². The van der Waals surface area contributed by atoms with Gasteiger partial charge in [-0.15, -0.1) is 0 Å². The largest absolute Gasteiger partial charge is 0.368 e. The van der Waals surface area contributed by atoms with Crippen LogP contribution in [0, 0.1) is 0 Å². The Morgan fingerprint density at radius 3 is 2.96 bits per heavy atom. The van der Waals surface area contributed by atoms with Gasteiger partial charge in [-0.1, -0.05) is 32.3 Å². The van der Waals surface area contributed by atoms with E-state index in [1.165, 1.54) is 0 Å². The molecule has 1 N–H and O–H groups in total. The molecule has 0 spiro atoms. The van der Waals surface area contributed by atoms with Crippen molar-refractivity contribution in [3.05, 3.63) is 23.4 Å². The fraction of sp³-hybridized carbons (Fsp3) is 0.750. The maximum atomic E-state index is 5.84. The van der Waals surface area contributed by atoms with Crippen LogP contribution in [0.3, 0.4) is 0 Å². The SMILES string of the molecule is CCCCc1nc(CN2CCO[C@H](c3nc(C(C)C)n[nH]3)C2)no1. The molecule has 1 atom stereocenters. The maximum absolute atomic E-state index is 5.84. The van der Waals surface area contributed by atoms with Gasteiger partial charge in [0.2, 0.25) is 5.89 Å². The van der Waals surface area contributed by atoms with E-state index in [1.807, 2.05) is 0 Å². The van der Waals surface area contributed by atoms with E-state index in [-0.39, 0.29) is 6.10 Å². The first-order chi connectivity index (χ1) is 11.7. The number of hydrogen-bond donors (Lipinski definition) is 1. The van der Waals surface area contributed by atoms with Crippen LogP contribution in [0.25, 0.3) is 0 Å². The third kappa shape index (κ3) is 4.18. The number of H-pyrrole nitrogens is 1. The van der Waals surface area contributed by atoms with Crippen molar-refractivity contribution < 1.29 is 9.26 Å². The van der Waals surface area contributed by atoms with E-state index in [1.54, 1.807) is 0 Å². The van der Waals surface area contributed by atoms with Crippen LogP contribution < -0.4 is 0 Å². The Balaban J connectivity index is 1.57. The van der Waals surface area contributed by atoms with Crippen molar-refractivity contribution >= 4 is 0 Å². The predicted molar refractivity (Wildman–Crippen MR) is 87.4 cm³/mol. The van der Waals surface area contributed by atoms with Gasteiger partial charge in [0.1, 0.15) is 6.10 Å². The Morgan fingerprint density at radius 1 is 1.33 bits per heavy atom. The van der Waals surface area contributed by atoms with Crippen molar-refractivity contribution in [3.63, 3.8) is 0 Å². The second kappa shape index (κ2) is 7.85. The van der Waals surface area contributed by atoms with Crippen molar-refractivity contribution in [2.45, 2.75) is 58.6 Å². The first kappa shape index (κ1) is 17.0. The summed E-state index contributed by atoms with van der Waals surface area (Å²) in [6.45, 7) is 9.22. The van der Waals surface area contributed by atoms with Crippen LogP contribution in [0.1, 0.15) is 69.0 Å². The van der Waals surface area contributed by atoms with E-state index < -0.39 is 0 Å². The average molecular weight is 334 g/mol. The molecule has 0 radical (unpaired) electrons. The van der Waals surface area contributed by atoms with Gasteiger partial charge < -0.3 is 9.26 Å². The van der Waals surface area contributed by atoms with Crippen molar-refractivity contribution in [1.29, 1.82) is 0 Å². The molecule has 0 aromatic carbocycles. The number of aromatic amines is 1. The van der Waals surface area contributed by atoms with Gasteiger partial charge in [-0.2, -0.15) is 10.1 Å². The molecular formula is C16H26N6O2. The summed E-state index contributed by atoms with van der Waals surface area (Å²) in [5.74, 6) is 3.39. The molecule has 1 saturated heterocycles. The standard InChI is InChI=1S/C16H26N6O2/c1-4-5-6-14-17-13(21-24-14)10-22-7-8-23-12(9-22)16-18-15(11(2)3)19-20-16/h11-12H,4-10H2,1-3H3,(H,18,19,20)/t12-/m0/s1. The molecule has 8 nitrogen and oxygen atoms in total. The van der Waals surface area contributed by atoms with Crippen LogP contribution >= 0.6 is 0 Å². The molecule has 0 bridgehead atoms. The third-order valence-corrected chi connectivity index (χ3v) is 4.11. The second-order valence-corrected chi connectivity index (χ2v) is 6.54. The number of hydrogen-bond acceptors (Lipinski definition) is 7. The highest BCUT2D eigenvalue weighted by molar-refractivity contribution is 5.00. The normalized spacial score (nSPS) is 19.2. The average Bonchev–Trinajstić information content (AvgIpc) is 3.23. The zero-order valence-corrected chi connectivity index (χ0v) is 14.7. The Labute approximate surface area is 142 Å². The molecule has 3 heterocycles. The Bertz CT molecular complexity index is 638. The fourth-order valence-electron chi connectivity index (χ4n) is 2.69. The maximum Gasteiger partial charge on any atom is 0.226 e. The fourth-order valence-corrected chi connectivity index (χ4v) is 2.69. The van der Waals surface area contributed by atoms with Crippen molar-refractivity contribution in [2.75, 3.05) is 19.7 Å². The third-order valence-electron chi connectivity index (χ3n) is 4.11. The van der Waals surface area contributed by atoms with Gasteiger partial charge in [-0.3, -0.25) is 10.00 Å². The number of nitrogens with one attached hydrogen (secondary N) is 1. The first-order valence-electron chi connectivity index (χ1n) is 8.73. The summed E-state index contributed by atoms with van der Waals surface area (Å²) in [4.78, 5) is 11.3. The van der Waals surface area contributed by atoms with E-state index in [0.717, 1.165) is 55.7 Å². The molecule has 0 aliphatic carbocycles. The topological polar surface area (TPSA) is 93.0 Å². The zero-order valence-electron chi connectivity index (χ0n) is 14.7. The van der Waals surface area contributed by atoms with Crippen LogP contribution in [0.4, 0.5) is 0 Å². The summed E-state index contributed by atoms with van der Waals surface area (Å²) in [5, 5.41) is 11.3. The number of nitrogens with zero attached hydrogens (tertiary/aromatic N) is 5. The lowest BCUT2D eigenvalue weighted by molar-refractivity contribution is -0.0379. The number of ether oxygens (including phenoxy) is 1. The summed E-state index contributed by atoms with van der Waals surface area (Å²) in [5.41, 5.74) is 0. The number of unbranched alkanes of at least 4 members (excludes halogenated alkanes) is 1. The highest BCUT2D eigenvalue weighted by Crippen LogP contribution is 2.21. The lowest BCUT2D eigenvalue weighted by atomic mass is 10.2. The van der Waals surface area contributed by atoms with E-state index in [9.17, 15) is 0 Å². The molecule has 132 valence electrons. The predicted octanol–water partition coefficient (Wildman–Crippen LogP) is 2.23. The summed E-state index contributed by atoms with van der Waals surface area (Å²) < 4.78 is 11.1. The summed E-state index contributed by atoms with van der Waals surface area (Å²) in [6.07, 6.45) is 2.96. The van der Waals surface area contributed by atoms with Gasteiger partial charge in [0, 0.05) is 25.4 Å². The number of rotatable bonds is 7. The second-order valence-electron chi connectivity index (χ2n) is 6.54. The van der Waals surface area contributed by atoms with E-state index >= 15 is 0 Å². The van der Waals surface area contributed by atoms with E-state index in [0.29, 0.717) is 19.1 Å².